The lowest BCUT2D eigenvalue weighted by Gasteiger charge is -2.04. The van der Waals surface area contributed by atoms with Gasteiger partial charge >= 0.3 is 0 Å². The van der Waals surface area contributed by atoms with Crippen LogP contribution in [-0.4, -0.2) is 19.7 Å². The van der Waals surface area contributed by atoms with Gasteiger partial charge in [-0.15, -0.1) is 0 Å². The fraction of sp³-hybridized carbons (Fsp3) is 0.273. The molecular weight excluding hydrogens is 234 g/mol. The van der Waals surface area contributed by atoms with Crippen molar-refractivity contribution < 1.29 is 4.92 Å². The molecule has 2 heterocycles. The summed E-state index contributed by atoms with van der Waals surface area (Å²) in [6.07, 6.45) is 4.91. The summed E-state index contributed by atoms with van der Waals surface area (Å²) in [6, 6.07) is 1.66. The fourth-order valence-corrected chi connectivity index (χ4v) is 1.59. The van der Waals surface area contributed by atoms with Crippen molar-refractivity contribution >= 4 is 11.5 Å². The number of nitrogens with one attached hydrogen (secondary N) is 1. The summed E-state index contributed by atoms with van der Waals surface area (Å²) in [4.78, 5) is 14.2. The Kier molecular flexibility index (Phi) is 3.22. The minimum atomic E-state index is -0.437. The van der Waals surface area contributed by atoms with E-state index in [1.165, 1.54) is 6.20 Å². The zero-order valence-corrected chi connectivity index (χ0v) is 10.1. The van der Waals surface area contributed by atoms with Crippen LogP contribution in [0.4, 0.5) is 11.5 Å². The second kappa shape index (κ2) is 4.82. The molecule has 94 valence electrons. The highest BCUT2D eigenvalue weighted by molar-refractivity contribution is 5.46. The van der Waals surface area contributed by atoms with Crippen molar-refractivity contribution in [2.24, 2.45) is 7.05 Å². The van der Waals surface area contributed by atoms with Gasteiger partial charge in [-0.1, -0.05) is 0 Å². The molecule has 0 aliphatic heterocycles. The molecule has 2 rings (SSSR count). The summed E-state index contributed by atoms with van der Waals surface area (Å²) in [7, 11) is 1.85. The largest absolute Gasteiger partial charge is 0.366 e. The zero-order valence-electron chi connectivity index (χ0n) is 10.1. The number of rotatable bonds is 4. The Labute approximate surface area is 104 Å². The van der Waals surface area contributed by atoms with E-state index < -0.39 is 4.92 Å². The molecule has 0 spiro atoms. The maximum absolute atomic E-state index is 10.6. The molecule has 0 unspecified atom stereocenters. The van der Waals surface area contributed by atoms with Crippen LogP contribution in [0.15, 0.2) is 24.7 Å². The monoisotopic (exact) mass is 247 g/mol. The molecule has 0 amide bonds. The van der Waals surface area contributed by atoms with E-state index in [0.717, 1.165) is 5.56 Å². The third-order valence-corrected chi connectivity index (χ3v) is 2.51. The van der Waals surface area contributed by atoms with Gasteiger partial charge in [0.2, 0.25) is 0 Å². The summed E-state index contributed by atoms with van der Waals surface area (Å²) in [5, 5.41) is 17.8. The van der Waals surface area contributed by atoms with E-state index in [2.05, 4.69) is 15.4 Å². The van der Waals surface area contributed by atoms with Crippen LogP contribution in [-0.2, 0) is 13.6 Å². The van der Waals surface area contributed by atoms with Gasteiger partial charge in [-0.05, 0) is 13.0 Å². The number of pyridine rings is 1. The molecule has 0 aliphatic rings. The molecule has 18 heavy (non-hydrogen) atoms. The van der Waals surface area contributed by atoms with Crippen LogP contribution in [0.25, 0.3) is 0 Å². The highest BCUT2D eigenvalue weighted by Gasteiger charge is 2.11. The number of nitrogens with zero attached hydrogens (tertiary/aromatic N) is 4. The SMILES string of the molecule is Cc1cc(NCc2cnn(C)c2)ncc1[N+](=O)[O-]. The first-order valence-corrected chi connectivity index (χ1v) is 5.38. The number of aryl methyl sites for hydroxylation is 2. The summed E-state index contributed by atoms with van der Waals surface area (Å²) in [5.74, 6) is 0.613. The molecule has 2 aromatic heterocycles. The van der Waals surface area contributed by atoms with Crippen LogP contribution in [0.1, 0.15) is 11.1 Å². The fourth-order valence-electron chi connectivity index (χ4n) is 1.59. The average Bonchev–Trinajstić information content (AvgIpc) is 2.72. The average molecular weight is 247 g/mol. The highest BCUT2D eigenvalue weighted by Crippen LogP contribution is 2.19. The number of aromatic nitrogens is 3. The van der Waals surface area contributed by atoms with Crippen molar-refractivity contribution in [3.63, 3.8) is 0 Å². The van der Waals surface area contributed by atoms with Gasteiger partial charge < -0.3 is 5.32 Å². The van der Waals surface area contributed by atoms with Crippen molar-refractivity contribution in [1.29, 1.82) is 0 Å². The molecular formula is C11H13N5O2. The van der Waals surface area contributed by atoms with Gasteiger partial charge in [-0.2, -0.15) is 5.10 Å². The van der Waals surface area contributed by atoms with Gasteiger partial charge in [0, 0.05) is 30.9 Å². The van der Waals surface area contributed by atoms with Crippen LogP contribution in [0.2, 0.25) is 0 Å². The first kappa shape index (κ1) is 12.0. The minimum absolute atomic E-state index is 0.0296. The lowest BCUT2D eigenvalue weighted by Crippen LogP contribution is -2.02. The van der Waals surface area contributed by atoms with Crippen molar-refractivity contribution in [1.82, 2.24) is 14.8 Å². The molecule has 0 fully saturated rings. The quantitative estimate of drug-likeness (QED) is 0.655. The maximum Gasteiger partial charge on any atom is 0.290 e. The van der Waals surface area contributed by atoms with Crippen LogP contribution < -0.4 is 5.32 Å². The highest BCUT2D eigenvalue weighted by atomic mass is 16.6. The van der Waals surface area contributed by atoms with Crippen molar-refractivity contribution in [3.8, 4) is 0 Å². The van der Waals surface area contributed by atoms with Gasteiger partial charge in [0.25, 0.3) is 5.69 Å². The molecule has 0 saturated heterocycles. The zero-order chi connectivity index (χ0) is 13.1. The Balaban J connectivity index is 2.06. The van der Waals surface area contributed by atoms with Crippen molar-refractivity contribution in [3.05, 3.63) is 45.9 Å². The van der Waals surface area contributed by atoms with E-state index >= 15 is 0 Å². The first-order chi connectivity index (χ1) is 8.56. The molecule has 0 aliphatic carbocycles. The predicted molar refractivity (Wildman–Crippen MR) is 66.2 cm³/mol. The van der Waals surface area contributed by atoms with Gasteiger partial charge in [-0.3, -0.25) is 14.8 Å². The predicted octanol–water partition coefficient (Wildman–Crippen LogP) is 1.64. The third-order valence-electron chi connectivity index (χ3n) is 2.51. The molecule has 7 heteroatoms. The second-order valence-electron chi connectivity index (χ2n) is 3.99. The number of hydrogen-bond donors (Lipinski definition) is 1. The van der Waals surface area contributed by atoms with Crippen molar-refractivity contribution in [2.45, 2.75) is 13.5 Å². The van der Waals surface area contributed by atoms with Gasteiger partial charge in [0.05, 0.1) is 11.1 Å². The Morgan fingerprint density at radius 1 is 1.50 bits per heavy atom. The lowest BCUT2D eigenvalue weighted by molar-refractivity contribution is -0.385. The van der Waals surface area contributed by atoms with Crippen LogP contribution in [0.5, 0.6) is 0 Å². The summed E-state index contributed by atoms with van der Waals surface area (Å²) in [5.41, 5.74) is 1.64. The van der Waals surface area contributed by atoms with Gasteiger partial charge in [-0.25, -0.2) is 4.98 Å². The molecule has 0 bridgehead atoms. The molecule has 7 nitrogen and oxygen atoms in total. The summed E-state index contributed by atoms with van der Waals surface area (Å²) in [6.45, 7) is 2.27. The smallest absolute Gasteiger partial charge is 0.290 e. The number of hydrogen-bond acceptors (Lipinski definition) is 5. The van der Waals surface area contributed by atoms with Crippen LogP contribution in [0.3, 0.4) is 0 Å². The minimum Gasteiger partial charge on any atom is -0.366 e. The molecule has 0 radical (unpaired) electrons. The van der Waals surface area contributed by atoms with E-state index in [1.807, 2.05) is 13.2 Å². The van der Waals surface area contributed by atoms with Gasteiger partial charge in [0.1, 0.15) is 12.0 Å². The lowest BCUT2D eigenvalue weighted by atomic mass is 10.2. The maximum atomic E-state index is 10.6. The Hall–Kier alpha value is -2.44. The second-order valence-corrected chi connectivity index (χ2v) is 3.99. The van der Waals surface area contributed by atoms with Crippen LogP contribution in [0, 0.1) is 17.0 Å². The van der Waals surface area contributed by atoms with E-state index in [4.69, 9.17) is 0 Å². The van der Waals surface area contributed by atoms with E-state index in [1.54, 1.807) is 23.9 Å². The molecule has 1 N–H and O–H groups in total. The number of nitro groups is 1. The van der Waals surface area contributed by atoms with Crippen molar-refractivity contribution in [2.75, 3.05) is 5.32 Å². The Morgan fingerprint density at radius 3 is 2.83 bits per heavy atom. The van der Waals surface area contributed by atoms with Crippen LogP contribution >= 0.6 is 0 Å². The summed E-state index contributed by atoms with van der Waals surface area (Å²) < 4.78 is 1.71. The first-order valence-electron chi connectivity index (χ1n) is 5.38. The topological polar surface area (TPSA) is 85.9 Å². The standard InChI is InChI=1S/C11H13N5O2/c1-8-3-11(13-6-10(8)16(17)18)12-4-9-5-14-15(2)7-9/h3,5-7H,4H2,1-2H3,(H,12,13). The van der Waals surface area contributed by atoms with E-state index in [9.17, 15) is 10.1 Å². The molecule has 0 atom stereocenters. The molecule has 2 aromatic rings. The van der Waals surface area contributed by atoms with Gasteiger partial charge in [0.15, 0.2) is 0 Å². The third kappa shape index (κ3) is 2.62. The molecule has 0 aromatic carbocycles. The normalized spacial score (nSPS) is 10.3. The van der Waals surface area contributed by atoms with E-state index in [-0.39, 0.29) is 5.69 Å². The Bertz CT molecular complexity index is 579. The summed E-state index contributed by atoms with van der Waals surface area (Å²) >= 11 is 0. The Morgan fingerprint density at radius 2 is 2.28 bits per heavy atom. The number of anilines is 1. The molecule has 0 saturated carbocycles. The van der Waals surface area contributed by atoms with E-state index in [0.29, 0.717) is 17.9 Å².